The van der Waals surface area contributed by atoms with Crippen LogP contribution in [0, 0.1) is 12.3 Å². The number of nitrogen functional groups attached to an aromatic ring is 1. The monoisotopic (exact) mass is 433 g/mol. The Kier molecular flexibility index (Phi) is 6.48. The van der Waals surface area contributed by atoms with E-state index in [9.17, 15) is 4.79 Å². The molecule has 1 unspecified atom stereocenters. The molecule has 0 saturated carbocycles. The van der Waals surface area contributed by atoms with E-state index < -0.39 is 0 Å². The topological polar surface area (TPSA) is 162 Å². The first kappa shape index (κ1) is 22.5. The van der Waals surface area contributed by atoms with Crippen LogP contribution in [0.4, 0.5) is 17.3 Å². The van der Waals surface area contributed by atoms with Crippen molar-refractivity contribution in [3.05, 3.63) is 11.4 Å². The maximum atomic E-state index is 11.4. The number of nitrogens with zero attached hydrogens (tertiary/aromatic N) is 6. The summed E-state index contributed by atoms with van der Waals surface area (Å²) in [5.74, 6) is 7.06. The van der Waals surface area contributed by atoms with Crippen LogP contribution >= 0.6 is 0 Å². The van der Waals surface area contributed by atoms with Gasteiger partial charge in [0.2, 0.25) is 5.91 Å². The van der Waals surface area contributed by atoms with Crippen LogP contribution in [-0.4, -0.2) is 51.9 Å². The number of nitrogens with two attached hydrogens (primary N) is 2. The molecule has 170 valence electrons. The number of anilines is 3. The highest BCUT2D eigenvalue weighted by Crippen LogP contribution is 2.34. The van der Waals surface area contributed by atoms with Crippen molar-refractivity contribution < 1.29 is 14.2 Å². The fourth-order valence-electron chi connectivity index (χ4n) is 3.22. The summed E-state index contributed by atoms with van der Waals surface area (Å²) in [6.45, 7) is 11.3. The third-order valence-electron chi connectivity index (χ3n) is 4.75. The molecule has 1 atom stereocenters. The number of aryl methyl sites for hydroxylation is 1. The van der Waals surface area contributed by atoms with E-state index in [0.717, 1.165) is 6.42 Å². The van der Waals surface area contributed by atoms with Gasteiger partial charge in [0.15, 0.2) is 11.6 Å². The maximum Gasteiger partial charge on any atom is 0.320 e. The van der Waals surface area contributed by atoms with Crippen molar-refractivity contribution in [2.45, 2.75) is 53.6 Å². The van der Waals surface area contributed by atoms with Gasteiger partial charge in [0.1, 0.15) is 17.1 Å². The molecule has 0 spiro atoms. The lowest BCUT2D eigenvalue weighted by Gasteiger charge is -2.25. The van der Waals surface area contributed by atoms with Crippen molar-refractivity contribution in [1.29, 1.82) is 0 Å². The quantitative estimate of drug-likeness (QED) is 0.417. The molecule has 5 N–H and O–H groups in total. The first-order valence-corrected chi connectivity index (χ1v) is 10.2. The van der Waals surface area contributed by atoms with Crippen LogP contribution in [0.1, 0.15) is 45.5 Å². The molecule has 2 aromatic heterocycles. The molecular weight excluding hydrogens is 402 g/mol. The summed E-state index contributed by atoms with van der Waals surface area (Å²) in [5.41, 5.74) is 7.88. The van der Waals surface area contributed by atoms with Crippen molar-refractivity contribution in [3.63, 3.8) is 0 Å². The average molecular weight is 434 g/mol. The Morgan fingerprint density at radius 3 is 2.71 bits per heavy atom. The number of ether oxygens (including phenoxy) is 1. The van der Waals surface area contributed by atoms with Gasteiger partial charge in [-0.3, -0.25) is 9.80 Å². The standard InChI is InChI=1S/C19H31N9O3/c1-11-14(26-31-25-11)9-28(21)17-15(20)16(23-18(24-17)30-10-19(3,4)5)27-7-6-13(8-27)22-12(2)29/h13H,6-10,20-21H2,1-5H3,(H,22,29). The molecule has 0 radical (unpaired) electrons. The van der Waals surface area contributed by atoms with Crippen molar-refractivity contribution in [2.24, 2.45) is 11.3 Å². The molecule has 2 aromatic rings. The van der Waals surface area contributed by atoms with Gasteiger partial charge in [0.05, 0.1) is 13.2 Å². The smallest absolute Gasteiger partial charge is 0.320 e. The first-order valence-electron chi connectivity index (χ1n) is 10.2. The number of carbonyl (C=O) groups is 1. The van der Waals surface area contributed by atoms with E-state index in [2.05, 4.69) is 46.4 Å². The lowest BCUT2D eigenvalue weighted by Crippen LogP contribution is -2.36. The number of carbonyl (C=O) groups excluding carboxylic acids is 1. The summed E-state index contributed by atoms with van der Waals surface area (Å²) in [6, 6.07) is 0.203. The Hall–Kier alpha value is -3.15. The third kappa shape index (κ3) is 5.72. The first-order chi connectivity index (χ1) is 14.5. The van der Waals surface area contributed by atoms with E-state index >= 15 is 0 Å². The molecule has 3 heterocycles. The van der Waals surface area contributed by atoms with Gasteiger partial charge in [-0.15, -0.1) is 0 Å². The fraction of sp³-hybridized carbons (Fsp3) is 0.632. The van der Waals surface area contributed by atoms with Gasteiger partial charge in [-0.1, -0.05) is 31.1 Å². The minimum absolute atomic E-state index is 0.0205. The van der Waals surface area contributed by atoms with Crippen molar-refractivity contribution in [1.82, 2.24) is 25.6 Å². The van der Waals surface area contributed by atoms with Crippen LogP contribution < -0.4 is 31.5 Å². The molecule has 1 saturated heterocycles. The molecule has 12 heteroatoms. The van der Waals surface area contributed by atoms with Crippen molar-refractivity contribution in [3.8, 4) is 6.01 Å². The summed E-state index contributed by atoms with van der Waals surface area (Å²) in [6.07, 6.45) is 0.784. The maximum absolute atomic E-state index is 11.4. The predicted octanol–water partition coefficient (Wildman–Crippen LogP) is 0.770. The largest absolute Gasteiger partial charge is 0.463 e. The van der Waals surface area contributed by atoms with Crippen molar-refractivity contribution >= 4 is 23.2 Å². The molecule has 0 aliphatic carbocycles. The third-order valence-corrected chi connectivity index (χ3v) is 4.75. The second kappa shape index (κ2) is 8.92. The zero-order valence-electron chi connectivity index (χ0n) is 18.7. The molecule has 0 aromatic carbocycles. The molecular formula is C19H31N9O3. The fourth-order valence-corrected chi connectivity index (χ4v) is 3.22. The van der Waals surface area contributed by atoms with Crippen LogP contribution in [0.3, 0.4) is 0 Å². The van der Waals surface area contributed by atoms with Crippen LogP contribution in [0.25, 0.3) is 0 Å². The minimum atomic E-state index is -0.0822. The molecule has 31 heavy (non-hydrogen) atoms. The lowest BCUT2D eigenvalue weighted by atomic mass is 9.99. The molecule has 12 nitrogen and oxygen atoms in total. The van der Waals surface area contributed by atoms with Crippen molar-refractivity contribution in [2.75, 3.05) is 35.3 Å². The van der Waals surface area contributed by atoms with Crippen LogP contribution in [-0.2, 0) is 11.3 Å². The van der Waals surface area contributed by atoms with E-state index in [4.69, 9.17) is 20.9 Å². The molecule has 3 rings (SSSR count). The lowest BCUT2D eigenvalue weighted by molar-refractivity contribution is -0.119. The summed E-state index contributed by atoms with van der Waals surface area (Å²) in [4.78, 5) is 22.4. The van der Waals surface area contributed by atoms with E-state index in [1.54, 1.807) is 6.92 Å². The normalized spacial score (nSPS) is 16.5. The van der Waals surface area contributed by atoms with E-state index in [1.165, 1.54) is 11.9 Å². The molecule has 1 aliphatic rings. The van der Waals surface area contributed by atoms with Gasteiger partial charge in [-0.25, -0.2) is 10.5 Å². The average Bonchev–Trinajstić information content (AvgIpc) is 3.29. The highest BCUT2D eigenvalue weighted by molar-refractivity contribution is 5.77. The SMILES string of the molecule is CC(=O)NC1CCN(c2nc(OCC(C)(C)C)nc(N(N)Cc3nonc3C)c2N)C1. The Morgan fingerprint density at radius 2 is 2.10 bits per heavy atom. The second-order valence-electron chi connectivity index (χ2n) is 8.97. The van der Waals surface area contributed by atoms with Crippen LogP contribution in [0.15, 0.2) is 4.63 Å². The molecule has 1 fully saturated rings. The Morgan fingerprint density at radius 1 is 1.35 bits per heavy atom. The summed E-state index contributed by atoms with van der Waals surface area (Å²) >= 11 is 0. The van der Waals surface area contributed by atoms with Gasteiger partial charge in [0.25, 0.3) is 0 Å². The minimum Gasteiger partial charge on any atom is -0.463 e. The Bertz CT molecular complexity index is 925. The van der Waals surface area contributed by atoms with Gasteiger partial charge in [0, 0.05) is 26.1 Å². The summed E-state index contributed by atoms with van der Waals surface area (Å²) < 4.78 is 10.6. The summed E-state index contributed by atoms with van der Waals surface area (Å²) in [7, 11) is 0. The highest BCUT2D eigenvalue weighted by Gasteiger charge is 2.29. The molecule has 1 aliphatic heterocycles. The number of hydrogen-bond donors (Lipinski definition) is 3. The molecule has 0 bridgehead atoms. The molecule has 1 amide bonds. The van der Waals surface area contributed by atoms with Crippen LogP contribution in [0.5, 0.6) is 6.01 Å². The second-order valence-corrected chi connectivity index (χ2v) is 8.97. The zero-order chi connectivity index (χ0) is 22.8. The number of rotatable bonds is 7. The highest BCUT2D eigenvalue weighted by atomic mass is 16.6. The van der Waals surface area contributed by atoms with Gasteiger partial charge >= 0.3 is 6.01 Å². The van der Waals surface area contributed by atoms with Gasteiger partial charge < -0.3 is 20.7 Å². The van der Waals surface area contributed by atoms with E-state index in [0.29, 0.717) is 48.4 Å². The Labute approximate surface area is 181 Å². The van der Waals surface area contributed by atoms with Gasteiger partial charge in [-0.2, -0.15) is 9.97 Å². The number of aromatic nitrogens is 4. The van der Waals surface area contributed by atoms with E-state index in [1.807, 2.05) is 4.90 Å². The summed E-state index contributed by atoms with van der Waals surface area (Å²) in [5, 5.41) is 11.9. The zero-order valence-corrected chi connectivity index (χ0v) is 18.7. The number of hydrogen-bond acceptors (Lipinski definition) is 11. The van der Waals surface area contributed by atoms with Crippen LogP contribution in [0.2, 0.25) is 0 Å². The number of nitrogens with one attached hydrogen (secondary N) is 1. The van der Waals surface area contributed by atoms with E-state index in [-0.39, 0.29) is 29.9 Å². The Balaban J connectivity index is 1.90. The number of hydrazine groups is 1. The number of amides is 1. The predicted molar refractivity (Wildman–Crippen MR) is 115 cm³/mol. The van der Waals surface area contributed by atoms with Gasteiger partial charge in [-0.05, 0) is 18.8 Å².